The van der Waals surface area contributed by atoms with Crippen molar-refractivity contribution in [3.8, 4) is 11.5 Å². The van der Waals surface area contributed by atoms with Crippen molar-refractivity contribution in [1.82, 2.24) is 10.7 Å². The van der Waals surface area contributed by atoms with E-state index in [4.69, 9.17) is 21.1 Å². The number of amides is 2. The number of rotatable bonds is 8. The number of halogens is 1. The number of nitrogens with zero attached hydrogens (tertiary/aromatic N) is 1. The maximum Gasteiger partial charge on any atom is 0.329 e. The van der Waals surface area contributed by atoms with E-state index in [2.05, 4.69) is 22.4 Å². The summed E-state index contributed by atoms with van der Waals surface area (Å²) in [6.07, 6.45) is 2.86. The molecule has 2 aromatic carbocycles. The van der Waals surface area contributed by atoms with Crippen molar-refractivity contribution in [2.75, 3.05) is 13.7 Å². The number of ether oxygens (including phenoxy) is 2. The number of methoxy groups -OCH3 is 1. The smallest absolute Gasteiger partial charge is 0.329 e. The van der Waals surface area contributed by atoms with Crippen molar-refractivity contribution in [1.29, 1.82) is 0 Å². The Bertz CT molecular complexity index is 866. The molecule has 0 radical (unpaired) electrons. The van der Waals surface area contributed by atoms with E-state index in [1.807, 2.05) is 12.1 Å². The first-order valence-corrected chi connectivity index (χ1v) is 8.68. The molecule has 0 fully saturated rings. The molecule has 0 saturated carbocycles. The number of hydrogen-bond donors (Lipinski definition) is 2. The number of carbonyl (C=O) groups excluding carboxylic acids is 2. The summed E-state index contributed by atoms with van der Waals surface area (Å²) in [6.45, 7) is 4.00. The fourth-order valence-electron chi connectivity index (χ4n) is 2.09. The number of hydrogen-bond acceptors (Lipinski definition) is 5. The van der Waals surface area contributed by atoms with Gasteiger partial charge in [0.05, 0.1) is 13.3 Å². The van der Waals surface area contributed by atoms with E-state index in [9.17, 15) is 9.59 Å². The molecule has 28 heavy (non-hydrogen) atoms. The van der Waals surface area contributed by atoms with Gasteiger partial charge < -0.3 is 14.8 Å². The monoisotopic (exact) mass is 401 g/mol. The van der Waals surface area contributed by atoms with Crippen molar-refractivity contribution in [2.45, 2.75) is 6.61 Å². The average Bonchev–Trinajstić information content (AvgIpc) is 2.71. The topological polar surface area (TPSA) is 89.0 Å². The molecule has 0 atom stereocenters. The first-order chi connectivity index (χ1) is 13.5. The van der Waals surface area contributed by atoms with Crippen LogP contribution in [0.2, 0.25) is 5.02 Å². The molecule has 2 amide bonds. The molecule has 2 N–H and O–H groups in total. The van der Waals surface area contributed by atoms with Crippen molar-refractivity contribution in [3.05, 3.63) is 71.3 Å². The third-order valence-corrected chi connectivity index (χ3v) is 3.74. The van der Waals surface area contributed by atoms with Crippen LogP contribution in [-0.2, 0) is 16.2 Å². The van der Waals surface area contributed by atoms with Crippen LogP contribution in [0.3, 0.4) is 0 Å². The molecule has 0 aromatic heterocycles. The van der Waals surface area contributed by atoms with Crippen LogP contribution in [-0.4, -0.2) is 31.7 Å². The molecule has 8 heteroatoms. The second-order valence-corrected chi connectivity index (χ2v) is 5.96. The summed E-state index contributed by atoms with van der Waals surface area (Å²) in [5.41, 5.74) is 3.77. The standard InChI is InChI=1S/C20H20ClN3O4/c1-3-10-22-19(25)20(26)24-23-12-15-6-9-17(18(11-15)27-2)28-13-14-4-7-16(21)8-5-14/h3-9,11-12H,1,10,13H2,2H3,(H,22,25)(H,24,26)/b23-12-. The summed E-state index contributed by atoms with van der Waals surface area (Å²) in [5.74, 6) is -0.594. The van der Waals surface area contributed by atoms with Gasteiger partial charge in [-0.1, -0.05) is 29.8 Å². The lowest BCUT2D eigenvalue weighted by atomic mass is 10.2. The van der Waals surface area contributed by atoms with Gasteiger partial charge in [-0.15, -0.1) is 6.58 Å². The van der Waals surface area contributed by atoms with Gasteiger partial charge in [-0.05, 0) is 41.5 Å². The van der Waals surface area contributed by atoms with E-state index >= 15 is 0 Å². The maximum atomic E-state index is 11.5. The lowest BCUT2D eigenvalue weighted by Gasteiger charge is -2.11. The van der Waals surface area contributed by atoms with Crippen LogP contribution in [0.15, 0.2) is 60.2 Å². The molecule has 2 rings (SSSR count). The Labute approximate surface area is 168 Å². The van der Waals surface area contributed by atoms with Crippen LogP contribution in [0.5, 0.6) is 11.5 Å². The summed E-state index contributed by atoms with van der Waals surface area (Å²) in [6, 6.07) is 12.5. The van der Waals surface area contributed by atoms with Gasteiger partial charge >= 0.3 is 11.8 Å². The molecule has 0 unspecified atom stereocenters. The lowest BCUT2D eigenvalue weighted by Crippen LogP contribution is -2.37. The Hall–Kier alpha value is -3.32. The molecule has 0 spiro atoms. The molecule has 0 heterocycles. The molecule has 0 bridgehead atoms. The van der Waals surface area contributed by atoms with Crippen LogP contribution in [0, 0.1) is 0 Å². The normalized spacial score (nSPS) is 10.4. The zero-order chi connectivity index (χ0) is 20.4. The minimum Gasteiger partial charge on any atom is -0.493 e. The van der Waals surface area contributed by atoms with E-state index < -0.39 is 11.8 Å². The fourth-order valence-corrected chi connectivity index (χ4v) is 2.21. The van der Waals surface area contributed by atoms with E-state index in [-0.39, 0.29) is 6.54 Å². The van der Waals surface area contributed by atoms with Crippen LogP contribution in [0.25, 0.3) is 0 Å². The van der Waals surface area contributed by atoms with Gasteiger partial charge in [-0.2, -0.15) is 5.10 Å². The van der Waals surface area contributed by atoms with Crippen molar-refractivity contribution >= 4 is 29.6 Å². The van der Waals surface area contributed by atoms with Gasteiger partial charge in [0.1, 0.15) is 6.61 Å². The van der Waals surface area contributed by atoms with Gasteiger partial charge in [0.2, 0.25) is 0 Å². The number of carbonyl (C=O) groups is 2. The number of hydrazone groups is 1. The highest BCUT2D eigenvalue weighted by molar-refractivity contribution is 6.35. The SMILES string of the molecule is C=CCNC(=O)C(=O)N/N=C\c1ccc(OCc2ccc(Cl)cc2)c(OC)c1. The predicted molar refractivity (Wildman–Crippen MR) is 108 cm³/mol. The van der Waals surface area contributed by atoms with E-state index in [1.165, 1.54) is 19.4 Å². The third kappa shape index (κ3) is 6.44. The van der Waals surface area contributed by atoms with E-state index in [1.54, 1.807) is 30.3 Å². The van der Waals surface area contributed by atoms with Crippen LogP contribution >= 0.6 is 11.6 Å². The van der Waals surface area contributed by atoms with Crippen LogP contribution in [0.1, 0.15) is 11.1 Å². The fraction of sp³-hybridized carbons (Fsp3) is 0.150. The summed E-state index contributed by atoms with van der Waals surface area (Å²) in [5, 5.41) is 6.77. The Morgan fingerprint density at radius 1 is 1.14 bits per heavy atom. The molecule has 0 aliphatic heterocycles. The zero-order valence-electron chi connectivity index (χ0n) is 15.3. The van der Waals surface area contributed by atoms with Crippen molar-refractivity contribution < 1.29 is 19.1 Å². The van der Waals surface area contributed by atoms with Gasteiger partial charge in [-0.25, -0.2) is 5.43 Å². The Morgan fingerprint density at radius 2 is 1.89 bits per heavy atom. The van der Waals surface area contributed by atoms with Gasteiger partial charge in [0.15, 0.2) is 11.5 Å². The first kappa shape index (κ1) is 21.0. The molecule has 0 saturated heterocycles. The quantitative estimate of drug-likeness (QED) is 0.308. The third-order valence-electron chi connectivity index (χ3n) is 3.49. The molecule has 2 aromatic rings. The number of benzene rings is 2. The molecule has 146 valence electrons. The highest BCUT2D eigenvalue weighted by atomic mass is 35.5. The van der Waals surface area contributed by atoms with Gasteiger partial charge in [0, 0.05) is 11.6 Å². The summed E-state index contributed by atoms with van der Waals surface area (Å²) in [4.78, 5) is 22.9. The minimum atomic E-state index is -0.868. The second-order valence-electron chi connectivity index (χ2n) is 5.52. The lowest BCUT2D eigenvalue weighted by molar-refractivity contribution is -0.139. The average molecular weight is 402 g/mol. The predicted octanol–water partition coefficient (Wildman–Crippen LogP) is 2.68. The zero-order valence-corrected chi connectivity index (χ0v) is 16.0. The maximum absolute atomic E-state index is 11.5. The number of nitrogens with one attached hydrogen (secondary N) is 2. The molecular formula is C20H20ClN3O4. The minimum absolute atomic E-state index is 0.199. The summed E-state index contributed by atoms with van der Waals surface area (Å²) < 4.78 is 11.1. The van der Waals surface area contributed by atoms with E-state index in [0.717, 1.165) is 5.56 Å². The highest BCUT2D eigenvalue weighted by Crippen LogP contribution is 2.28. The summed E-state index contributed by atoms with van der Waals surface area (Å²) in [7, 11) is 1.52. The highest BCUT2D eigenvalue weighted by Gasteiger charge is 2.10. The summed E-state index contributed by atoms with van der Waals surface area (Å²) >= 11 is 5.87. The van der Waals surface area contributed by atoms with Crippen LogP contribution < -0.4 is 20.2 Å². The molecule has 0 aliphatic carbocycles. The second kappa shape index (κ2) is 10.7. The molecule has 0 aliphatic rings. The van der Waals surface area contributed by atoms with Crippen molar-refractivity contribution in [2.24, 2.45) is 5.10 Å². The Balaban J connectivity index is 1.96. The Morgan fingerprint density at radius 3 is 2.57 bits per heavy atom. The van der Waals surface area contributed by atoms with Crippen LogP contribution in [0.4, 0.5) is 0 Å². The molecular weight excluding hydrogens is 382 g/mol. The van der Waals surface area contributed by atoms with E-state index in [0.29, 0.717) is 28.7 Å². The largest absolute Gasteiger partial charge is 0.493 e. The Kier molecular flexibility index (Phi) is 8.05. The first-order valence-electron chi connectivity index (χ1n) is 8.31. The van der Waals surface area contributed by atoms with Gasteiger partial charge in [-0.3, -0.25) is 9.59 Å². The van der Waals surface area contributed by atoms with Crippen molar-refractivity contribution in [3.63, 3.8) is 0 Å². The van der Waals surface area contributed by atoms with Gasteiger partial charge in [0.25, 0.3) is 0 Å². The molecule has 7 nitrogen and oxygen atoms in total.